The largest absolute Gasteiger partial charge is 0.497 e. The fourth-order valence-electron chi connectivity index (χ4n) is 2.18. The van der Waals surface area contributed by atoms with Crippen LogP contribution in [0.4, 0.5) is 0 Å². The Morgan fingerprint density at radius 1 is 0.862 bits per heavy atom. The van der Waals surface area contributed by atoms with Crippen LogP contribution in [0.2, 0.25) is 0 Å². The second-order valence-corrected chi connectivity index (χ2v) is 9.75. The number of methoxy groups -OCH3 is 2. The van der Waals surface area contributed by atoms with E-state index in [1.807, 2.05) is 4.83 Å². The number of carbonyl (C=O) groups excluding carboxylic acids is 1. The first-order chi connectivity index (χ1) is 13.5. The van der Waals surface area contributed by atoms with Crippen LogP contribution in [0.3, 0.4) is 0 Å². The molecule has 0 aromatic heterocycles. The summed E-state index contributed by atoms with van der Waals surface area (Å²) in [7, 11) is -2.26. The molecular formula is C17H21N3O7S2. The molecule has 0 unspecified atom stereocenters. The van der Waals surface area contributed by atoms with E-state index >= 15 is 0 Å². The summed E-state index contributed by atoms with van der Waals surface area (Å²) in [4.78, 5) is 14.0. The quantitative estimate of drug-likeness (QED) is 0.571. The third-order valence-corrected chi connectivity index (χ3v) is 6.92. The number of rotatable bonds is 8. The van der Waals surface area contributed by atoms with E-state index in [1.54, 1.807) is 6.07 Å². The van der Waals surface area contributed by atoms with Gasteiger partial charge in [0.2, 0.25) is 10.0 Å². The predicted octanol–water partition coefficient (Wildman–Crippen LogP) is 0.577. The molecule has 10 nitrogen and oxygen atoms in total. The van der Waals surface area contributed by atoms with Gasteiger partial charge >= 0.3 is 0 Å². The normalized spacial score (nSPS) is 11.9. The SMILES string of the molecule is COc1cc(OC)cc(C(=O)NNS(=O)(=O)c2ccc(S(=O)(=O)N(C)C)cc2)c1. The smallest absolute Gasteiger partial charge is 0.266 e. The maximum Gasteiger partial charge on any atom is 0.266 e. The van der Waals surface area contributed by atoms with E-state index in [4.69, 9.17) is 9.47 Å². The molecule has 1 amide bonds. The summed E-state index contributed by atoms with van der Waals surface area (Å²) in [6.45, 7) is 0. The molecular weight excluding hydrogens is 422 g/mol. The first-order valence-electron chi connectivity index (χ1n) is 8.09. The Balaban J connectivity index is 2.17. The standard InChI is InChI=1S/C17H21N3O7S2/c1-20(2)29(24,25)16-7-5-15(6-8-16)28(22,23)19-18-17(21)12-9-13(26-3)11-14(10-12)27-4/h5-11,19H,1-4H3,(H,18,21). The average Bonchev–Trinajstić information content (AvgIpc) is 2.71. The first kappa shape index (κ1) is 22.6. The van der Waals surface area contributed by atoms with Crippen molar-refractivity contribution >= 4 is 26.0 Å². The van der Waals surface area contributed by atoms with Crippen molar-refractivity contribution in [1.29, 1.82) is 0 Å². The van der Waals surface area contributed by atoms with Crippen LogP contribution in [0.1, 0.15) is 10.4 Å². The summed E-state index contributed by atoms with van der Waals surface area (Å²) < 4.78 is 60.0. The van der Waals surface area contributed by atoms with E-state index in [0.29, 0.717) is 11.5 Å². The number of sulfonamides is 2. The van der Waals surface area contributed by atoms with Crippen LogP contribution >= 0.6 is 0 Å². The maximum atomic E-state index is 12.4. The molecule has 12 heteroatoms. The van der Waals surface area contributed by atoms with Crippen LogP contribution in [0.25, 0.3) is 0 Å². The molecule has 0 bridgehead atoms. The fraction of sp³-hybridized carbons (Fsp3) is 0.235. The average molecular weight is 444 g/mol. The Labute approximate surface area is 169 Å². The third-order valence-electron chi connectivity index (χ3n) is 3.83. The Kier molecular flexibility index (Phi) is 6.85. The van der Waals surface area contributed by atoms with Crippen molar-refractivity contribution in [3.05, 3.63) is 48.0 Å². The zero-order chi connectivity index (χ0) is 21.8. The zero-order valence-corrected chi connectivity index (χ0v) is 17.8. The van der Waals surface area contributed by atoms with Gasteiger partial charge < -0.3 is 9.47 Å². The van der Waals surface area contributed by atoms with Crippen molar-refractivity contribution in [2.24, 2.45) is 0 Å². The van der Waals surface area contributed by atoms with Crippen LogP contribution in [0.5, 0.6) is 11.5 Å². The van der Waals surface area contributed by atoms with E-state index in [9.17, 15) is 21.6 Å². The van der Waals surface area contributed by atoms with Crippen LogP contribution in [0.15, 0.2) is 52.3 Å². The predicted molar refractivity (Wildman–Crippen MR) is 105 cm³/mol. The lowest BCUT2D eigenvalue weighted by molar-refractivity contribution is 0.0944. The van der Waals surface area contributed by atoms with Gasteiger partial charge in [-0.3, -0.25) is 10.2 Å². The number of benzene rings is 2. The molecule has 0 aliphatic rings. The highest BCUT2D eigenvalue weighted by Gasteiger charge is 2.20. The molecule has 0 saturated carbocycles. The molecule has 2 aromatic rings. The van der Waals surface area contributed by atoms with E-state index in [0.717, 1.165) is 16.4 Å². The molecule has 0 aliphatic heterocycles. The van der Waals surface area contributed by atoms with Gasteiger partial charge in [-0.2, -0.15) is 0 Å². The van der Waals surface area contributed by atoms with E-state index in [2.05, 4.69) is 5.43 Å². The summed E-state index contributed by atoms with van der Waals surface area (Å²) in [6.07, 6.45) is 0. The third kappa shape index (κ3) is 5.23. The van der Waals surface area contributed by atoms with Gasteiger partial charge in [-0.15, -0.1) is 4.83 Å². The molecule has 0 saturated heterocycles. The van der Waals surface area contributed by atoms with E-state index in [-0.39, 0.29) is 15.4 Å². The van der Waals surface area contributed by atoms with Gasteiger partial charge in [-0.1, -0.05) is 0 Å². The van der Waals surface area contributed by atoms with Crippen molar-refractivity contribution in [1.82, 2.24) is 14.6 Å². The minimum absolute atomic E-state index is 0.0611. The topological polar surface area (TPSA) is 131 Å². The molecule has 29 heavy (non-hydrogen) atoms. The molecule has 2 N–H and O–H groups in total. The number of amides is 1. The Morgan fingerprint density at radius 3 is 1.79 bits per heavy atom. The van der Waals surface area contributed by atoms with Crippen molar-refractivity contribution in [3.63, 3.8) is 0 Å². The van der Waals surface area contributed by atoms with Gasteiger partial charge in [0.1, 0.15) is 11.5 Å². The van der Waals surface area contributed by atoms with Crippen molar-refractivity contribution in [2.75, 3.05) is 28.3 Å². The Bertz CT molecular complexity index is 1070. The number of hydrogen-bond donors (Lipinski definition) is 2. The minimum atomic E-state index is -4.13. The second kappa shape index (κ2) is 8.78. The first-order valence-corrected chi connectivity index (χ1v) is 11.0. The minimum Gasteiger partial charge on any atom is -0.497 e. The van der Waals surface area contributed by atoms with Crippen molar-refractivity contribution in [3.8, 4) is 11.5 Å². The second-order valence-electron chi connectivity index (χ2n) is 5.92. The summed E-state index contributed by atoms with van der Waals surface area (Å²) in [5.41, 5.74) is 2.20. The lowest BCUT2D eigenvalue weighted by atomic mass is 10.2. The molecule has 2 aromatic carbocycles. The molecule has 0 spiro atoms. The van der Waals surface area contributed by atoms with Gasteiger partial charge in [-0.05, 0) is 36.4 Å². The summed E-state index contributed by atoms with van der Waals surface area (Å²) >= 11 is 0. The van der Waals surface area contributed by atoms with Crippen LogP contribution in [-0.2, 0) is 20.0 Å². The molecule has 0 heterocycles. The fourth-order valence-corrected chi connectivity index (χ4v) is 3.93. The number of hydrazine groups is 1. The van der Waals surface area contributed by atoms with E-state index in [1.165, 1.54) is 52.6 Å². The van der Waals surface area contributed by atoms with E-state index < -0.39 is 26.0 Å². The molecule has 0 fully saturated rings. The lowest BCUT2D eigenvalue weighted by Crippen LogP contribution is -2.41. The number of nitrogens with one attached hydrogen (secondary N) is 2. The zero-order valence-electron chi connectivity index (χ0n) is 16.2. The molecule has 158 valence electrons. The van der Waals surface area contributed by atoms with Crippen molar-refractivity contribution < 1.29 is 31.1 Å². The number of carbonyl (C=O) groups is 1. The van der Waals surface area contributed by atoms with Gasteiger partial charge in [-0.25, -0.2) is 21.1 Å². The number of ether oxygens (including phenoxy) is 2. The maximum absolute atomic E-state index is 12.4. The molecule has 2 rings (SSSR count). The number of hydrogen-bond acceptors (Lipinski definition) is 7. The highest BCUT2D eigenvalue weighted by molar-refractivity contribution is 7.89. The lowest BCUT2D eigenvalue weighted by Gasteiger charge is -2.13. The van der Waals surface area contributed by atoms with Gasteiger partial charge in [0.05, 0.1) is 24.0 Å². The summed E-state index contributed by atoms with van der Waals surface area (Å²) in [6, 6.07) is 8.96. The molecule has 0 aliphatic carbocycles. The van der Waals surface area contributed by atoms with Gasteiger partial charge in [0.15, 0.2) is 0 Å². The Hall–Kier alpha value is -2.67. The van der Waals surface area contributed by atoms with Gasteiger partial charge in [0, 0.05) is 25.7 Å². The highest BCUT2D eigenvalue weighted by atomic mass is 32.2. The summed E-state index contributed by atoms with van der Waals surface area (Å²) in [5, 5.41) is 0. The van der Waals surface area contributed by atoms with Crippen LogP contribution < -0.4 is 19.7 Å². The highest BCUT2D eigenvalue weighted by Crippen LogP contribution is 2.22. The number of nitrogens with zero attached hydrogens (tertiary/aromatic N) is 1. The van der Waals surface area contributed by atoms with Crippen molar-refractivity contribution in [2.45, 2.75) is 9.79 Å². The van der Waals surface area contributed by atoms with Gasteiger partial charge in [0.25, 0.3) is 15.9 Å². The van der Waals surface area contributed by atoms with Crippen LogP contribution in [0, 0.1) is 0 Å². The summed E-state index contributed by atoms with van der Waals surface area (Å²) in [5.74, 6) is -0.0253. The molecule has 0 radical (unpaired) electrons. The van der Waals surface area contributed by atoms with Crippen LogP contribution in [-0.4, -0.2) is 55.4 Å². The molecule has 0 atom stereocenters. The monoisotopic (exact) mass is 443 g/mol. The Morgan fingerprint density at radius 2 is 1.34 bits per heavy atom.